The Morgan fingerprint density at radius 2 is 1.52 bits per heavy atom. The van der Waals surface area contributed by atoms with E-state index < -0.39 is 47.2 Å². The minimum absolute atomic E-state index is 0.109. The van der Waals surface area contributed by atoms with E-state index in [2.05, 4.69) is 17.6 Å². The van der Waals surface area contributed by atoms with Crippen LogP contribution >= 0.6 is 0 Å². The van der Waals surface area contributed by atoms with Crippen LogP contribution in [0.15, 0.2) is 30.3 Å². The lowest BCUT2D eigenvalue weighted by molar-refractivity contribution is -0.307. The van der Waals surface area contributed by atoms with Crippen LogP contribution in [0.1, 0.15) is 142 Å². The Morgan fingerprint density at radius 3 is 2.14 bits per heavy atom. The molecule has 1 saturated heterocycles. The van der Waals surface area contributed by atoms with Crippen molar-refractivity contribution in [2.24, 2.45) is 5.41 Å². The van der Waals surface area contributed by atoms with E-state index in [0.29, 0.717) is 19.4 Å². The molecule has 1 heterocycles. The normalized spacial score (nSPS) is 22.0. The van der Waals surface area contributed by atoms with E-state index in [9.17, 15) is 19.5 Å². The van der Waals surface area contributed by atoms with E-state index in [1.807, 2.05) is 44.2 Å². The highest BCUT2D eigenvalue weighted by atomic mass is 16.7. The number of unbranched alkanes of at least 4 members (excludes halogenated alkanes) is 7. The summed E-state index contributed by atoms with van der Waals surface area (Å²) in [6.45, 7) is 9.87. The van der Waals surface area contributed by atoms with Crippen molar-refractivity contribution < 1.29 is 29.0 Å². The third-order valence-electron chi connectivity index (χ3n) is 9.48. The second-order valence-electron chi connectivity index (χ2n) is 14.2. The Morgan fingerprint density at radius 1 is 0.909 bits per heavy atom. The van der Waals surface area contributed by atoms with Gasteiger partial charge in [0.25, 0.3) is 0 Å². The van der Waals surface area contributed by atoms with Crippen molar-refractivity contribution in [2.75, 3.05) is 6.61 Å². The zero-order valence-corrected chi connectivity index (χ0v) is 27.9. The lowest BCUT2D eigenvalue weighted by Gasteiger charge is -2.48. The minimum atomic E-state index is -1.26. The summed E-state index contributed by atoms with van der Waals surface area (Å²) in [6, 6.07) is 9.01. The average Bonchev–Trinajstić information content (AvgIpc) is 2.98. The smallest absolute Gasteiger partial charge is 0.250 e. The Labute approximate surface area is 265 Å². The quantitative estimate of drug-likeness (QED) is 0.211. The van der Waals surface area contributed by atoms with Crippen LogP contribution < -0.4 is 15.7 Å². The number of carboxylic acid groups (broad SMARTS) is 1. The van der Waals surface area contributed by atoms with E-state index in [4.69, 9.17) is 9.47 Å². The van der Waals surface area contributed by atoms with Gasteiger partial charge in [-0.2, -0.15) is 0 Å². The number of carboxylic acids is 1. The SMILES string of the molecule is CCCCCCCCCCC(C(=O)NC1(C(CC(=O)[O-])NC(=O)C2OC(C)(C)OCC2(C)C)CCCCC1)c1ccccc1. The topological polar surface area (TPSA) is 117 Å². The number of carbonyl (C=O) groups is 3. The summed E-state index contributed by atoms with van der Waals surface area (Å²) in [7, 11) is 0. The van der Waals surface area contributed by atoms with Gasteiger partial charge in [0.1, 0.15) is 6.10 Å². The zero-order chi connectivity index (χ0) is 32.2. The van der Waals surface area contributed by atoms with E-state index in [-0.39, 0.29) is 11.8 Å². The molecule has 1 aliphatic carbocycles. The van der Waals surface area contributed by atoms with Gasteiger partial charge in [-0.3, -0.25) is 9.59 Å². The number of aliphatic carboxylic acids is 1. The summed E-state index contributed by atoms with van der Waals surface area (Å²) >= 11 is 0. The van der Waals surface area contributed by atoms with Gasteiger partial charge in [0.2, 0.25) is 11.8 Å². The van der Waals surface area contributed by atoms with Crippen LogP contribution in [0.4, 0.5) is 0 Å². The predicted molar refractivity (Wildman–Crippen MR) is 171 cm³/mol. The van der Waals surface area contributed by atoms with Crippen molar-refractivity contribution >= 4 is 17.8 Å². The van der Waals surface area contributed by atoms with Gasteiger partial charge >= 0.3 is 0 Å². The maximum Gasteiger partial charge on any atom is 0.250 e. The van der Waals surface area contributed by atoms with Crippen LogP contribution in [-0.4, -0.2) is 47.9 Å². The molecule has 1 saturated carbocycles. The third-order valence-corrected chi connectivity index (χ3v) is 9.48. The van der Waals surface area contributed by atoms with Gasteiger partial charge in [-0.05, 0) is 38.7 Å². The molecule has 8 heteroatoms. The molecule has 1 aromatic carbocycles. The van der Waals surface area contributed by atoms with E-state index >= 15 is 0 Å². The summed E-state index contributed by atoms with van der Waals surface area (Å²) in [5.74, 6) is -3.07. The highest BCUT2D eigenvalue weighted by Crippen LogP contribution is 2.37. The molecule has 248 valence electrons. The van der Waals surface area contributed by atoms with Crippen molar-refractivity contribution in [1.29, 1.82) is 0 Å². The number of benzene rings is 1. The van der Waals surface area contributed by atoms with Gasteiger partial charge in [-0.15, -0.1) is 0 Å². The molecule has 2 N–H and O–H groups in total. The summed E-state index contributed by atoms with van der Waals surface area (Å²) in [5, 5.41) is 18.5. The summed E-state index contributed by atoms with van der Waals surface area (Å²) in [5.41, 5.74) is -0.565. The number of rotatable bonds is 17. The van der Waals surface area contributed by atoms with Crippen LogP contribution in [0.3, 0.4) is 0 Å². The summed E-state index contributed by atoms with van der Waals surface area (Å²) < 4.78 is 11.9. The molecule has 44 heavy (non-hydrogen) atoms. The molecule has 0 spiro atoms. The Kier molecular flexibility index (Phi) is 13.7. The van der Waals surface area contributed by atoms with Gasteiger partial charge in [-0.1, -0.05) is 122 Å². The van der Waals surface area contributed by atoms with Gasteiger partial charge < -0.3 is 30.0 Å². The first-order chi connectivity index (χ1) is 20.9. The number of hydrogen-bond donors (Lipinski definition) is 2. The van der Waals surface area contributed by atoms with Crippen LogP contribution in [0, 0.1) is 5.41 Å². The van der Waals surface area contributed by atoms with Crippen molar-refractivity contribution in [3.05, 3.63) is 35.9 Å². The molecule has 2 fully saturated rings. The monoisotopic (exact) mass is 613 g/mol. The standard InChI is InChI=1S/C36H58N2O6/c1-6-7-8-9-10-11-12-17-22-28(27-20-15-13-16-21-27)32(41)38-36(23-18-14-19-24-36)29(25-30(39)40)37-33(42)31-34(2,3)26-43-35(4,5)44-31/h13,15-16,20-21,28-29,31H,6-12,14,17-19,22-26H2,1-5H3,(H,37,42)(H,38,41)(H,39,40)/p-1. The van der Waals surface area contributed by atoms with E-state index in [1.54, 1.807) is 13.8 Å². The van der Waals surface area contributed by atoms with Gasteiger partial charge in [0.15, 0.2) is 5.79 Å². The molecule has 1 aliphatic heterocycles. The molecule has 0 aromatic heterocycles. The fourth-order valence-electron chi connectivity index (χ4n) is 6.81. The first kappa shape index (κ1) is 36.0. The van der Waals surface area contributed by atoms with Gasteiger partial charge in [-0.25, -0.2) is 0 Å². The molecule has 2 aliphatic rings. The van der Waals surface area contributed by atoms with Crippen molar-refractivity contribution in [1.82, 2.24) is 10.6 Å². The van der Waals surface area contributed by atoms with E-state index in [1.165, 1.54) is 32.1 Å². The molecule has 3 rings (SSSR count). The van der Waals surface area contributed by atoms with Crippen LogP contribution in [-0.2, 0) is 23.9 Å². The molecular weight excluding hydrogens is 556 g/mol. The van der Waals surface area contributed by atoms with Crippen molar-refractivity contribution in [3.8, 4) is 0 Å². The van der Waals surface area contributed by atoms with Crippen molar-refractivity contribution in [2.45, 2.75) is 160 Å². The summed E-state index contributed by atoms with van der Waals surface area (Å²) in [4.78, 5) is 40.1. The highest BCUT2D eigenvalue weighted by Gasteiger charge is 2.49. The lowest BCUT2D eigenvalue weighted by atomic mass is 9.74. The first-order valence-corrected chi connectivity index (χ1v) is 17.1. The number of amides is 2. The highest BCUT2D eigenvalue weighted by molar-refractivity contribution is 5.85. The summed E-state index contributed by atoms with van der Waals surface area (Å²) in [6.07, 6.45) is 12.8. The Balaban J connectivity index is 1.80. The molecule has 0 radical (unpaired) electrons. The third kappa shape index (κ3) is 10.6. The van der Waals surface area contributed by atoms with Crippen LogP contribution in [0.25, 0.3) is 0 Å². The molecular formula is C36H57N2O6-. The van der Waals surface area contributed by atoms with E-state index in [0.717, 1.165) is 50.5 Å². The molecule has 1 aromatic rings. The number of hydrogen-bond acceptors (Lipinski definition) is 6. The van der Waals surface area contributed by atoms with Crippen LogP contribution in [0.5, 0.6) is 0 Å². The average molecular weight is 614 g/mol. The first-order valence-electron chi connectivity index (χ1n) is 17.1. The lowest BCUT2D eigenvalue weighted by Crippen LogP contribution is -2.67. The molecule has 8 nitrogen and oxygen atoms in total. The fourth-order valence-corrected chi connectivity index (χ4v) is 6.81. The van der Waals surface area contributed by atoms with Gasteiger partial charge in [0.05, 0.1) is 24.1 Å². The zero-order valence-electron chi connectivity index (χ0n) is 27.9. The second-order valence-corrected chi connectivity index (χ2v) is 14.2. The largest absolute Gasteiger partial charge is 0.550 e. The number of carbonyl (C=O) groups excluding carboxylic acids is 3. The van der Waals surface area contributed by atoms with Crippen molar-refractivity contribution in [3.63, 3.8) is 0 Å². The van der Waals surface area contributed by atoms with Crippen LogP contribution in [0.2, 0.25) is 0 Å². The Hall–Kier alpha value is -2.45. The number of nitrogens with one attached hydrogen (secondary N) is 2. The Bertz CT molecular complexity index is 1050. The minimum Gasteiger partial charge on any atom is -0.550 e. The number of ether oxygens (including phenoxy) is 2. The molecule has 3 atom stereocenters. The molecule has 0 bridgehead atoms. The van der Waals surface area contributed by atoms with Gasteiger partial charge in [0, 0.05) is 17.8 Å². The fraction of sp³-hybridized carbons (Fsp3) is 0.750. The maximum absolute atomic E-state index is 14.2. The molecule has 2 amide bonds. The maximum atomic E-state index is 14.2. The predicted octanol–water partition coefficient (Wildman–Crippen LogP) is 5.92. The second kappa shape index (κ2) is 16.7. The molecule has 3 unspecified atom stereocenters.